The van der Waals surface area contributed by atoms with Gasteiger partial charge in [-0.25, -0.2) is 5.43 Å². The molecule has 350 valence electrons. The monoisotopic (exact) mass is 899 g/mol. The summed E-state index contributed by atoms with van der Waals surface area (Å²) >= 11 is 0. The van der Waals surface area contributed by atoms with Crippen LogP contribution in [0, 0.1) is 29.1 Å². The predicted molar refractivity (Wildman–Crippen MR) is 254 cm³/mol. The van der Waals surface area contributed by atoms with Crippen LogP contribution >= 0.6 is 0 Å². The van der Waals surface area contributed by atoms with E-state index in [0.29, 0.717) is 44.3 Å². The van der Waals surface area contributed by atoms with Crippen LogP contribution in [-0.2, 0) is 48.1 Å². The van der Waals surface area contributed by atoms with Gasteiger partial charge in [0.05, 0.1) is 23.9 Å². The number of hydrazine groups is 1. The van der Waals surface area contributed by atoms with Crippen molar-refractivity contribution in [3.05, 3.63) is 71.5 Å². The van der Waals surface area contributed by atoms with E-state index < -0.39 is 47.2 Å². The molecule has 2 saturated heterocycles. The second-order valence-corrected chi connectivity index (χ2v) is 19.6. The zero-order chi connectivity index (χ0) is 47.6. The number of aromatic hydroxyl groups is 1. The molecule has 3 aliphatic rings. The van der Waals surface area contributed by atoms with E-state index in [2.05, 4.69) is 80.0 Å². The van der Waals surface area contributed by atoms with Gasteiger partial charge in [0.2, 0.25) is 11.8 Å². The molecule has 7 rings (SSSR count). The van der Waals surface area contributed by atoms with Gasteiger partial charge in [0, 0.05) is 67.7 Å². The van der Waals surface area contributed by atoms with Gasteiger partial charge in [0.25, 0.3) is 11.8 Å². The predicted octanol–water partition coefficient (Wildman–Crippen LogP) is 6.22. The first-order chi connectivity index (χ1) is 31.4. The lowest BCUT2D eigenvalue weighted by Crippen LogP contribution is -2.62. The Morgan fingerprint density at radius 1 is 1.05 bits per heavy atom. The number of benzene rings is 2. The Balaban J connectivity index is 1.30. The van der Waals surface area contributed by atoms with Crippen molar-refractivity contribution < 1.29 is 33.8 Å². The number of aryl methyl sites for hydroxylation is 1. The highest BCUT2D eigenvalue weighted by Crippen LogP contribution is 2.42. The number of hydrogen-bond acceptors (Lipinski definition) is 9. The molecule has 66 heavy (non-hydrogen) atoms. The summed E-state index contributed by atoms with van der Waals surface area (Å²) in [5, 5.41) is 16.8. The first-order valence-electron chi connectivity index (χ1n) is 23.4. The average Bonchev–Trinajstić information content (AvgIpc) is 3.90. The van der Waals surface area contributed by atoms with Crippen molar-refractivity contribution in [1.82, 2.24) is 35.1 Å². The third kappa shape index (κ3) is 9.96. The van der Waals surface area contributed by atoms with Crippen molar-refractivity contribution in [1.29, 1.82) is 0 Å². The number of likely N-dealkylation sites (N-methyl/N-ethyl adjacent to an activating group) is 1. The lowest BCUT2D eigenvalue weighted by molar-refractivity contribution is -0.155. The Hall–Kier alpha value is -6.20. The van der Waals surface area contributed by atoms with Crippen LogP contribution in [0.4, 0.5) is 0 Å². The minimum Gasteiger partial charge on any atom is -0.508 e. The molecule has 0 radical (unpaired) electrons. The minimum atomic E-state index is -1.16. The van der Waals surface area contributed by atoms with Crippen LogP contribution in [0.1, 0.15) is 97.4 Å². The Morgan fingerprint density at radius 3 is 2.53 bits per heavy atom. The van der Waals surface area contributed by atoms with Gasteiger partial charge < -0.3 is 29.5 Å². The number of likely N-dealkylation sites (tertiary alicyclic amines) is 1. The summed E-state index contributed by atoms with van der Waals surface area (Å²) in [6.07, 6.45) is 3.81. The van der Waals surface area contributed by atoms with E-state index in [1.807, 2.05) is 38.2 Å². The number of rotatable bonds is 8. The van der Waals surface area contributed by atoms with Crippen molar-refractivity contribution in [3.8, 4) is 40.0 Å². The summed E-state index contributed by atoms with van der Waals surface area (Å²) in [4.78, 5) is 77.4. The zero-order valence-electron chi connectivity index (χ0n) is 39.9. The van der Waals surface area contributed by atoms with Crippen molar-refractivity contribution in [2.45, 2.75) is 118 Å². The van der Waals surface area contributed by atoms with Crippen LogP contribution in [0.2, 0.25) is 0 Å². The van der Waals surface area contributed by atoms with Crippen LogP contribution < -0.4 is 10.7 Å². The van der Waals surface area contributed by atoms with Gasteiger partial charge in [-0.05, 0) is 116 Å². The van der Waals surface area contributed by atoms with Crippen LogP contribution in [0.3, 0.4) is 0 Å². The highest BCUT2D eigenvalue weighted by molar-refractivity contribution is 5.97. The first-order valence-corrected chi connectivity index (χ1v) is 23.4. The van der Waals surface area contributed by atoms with Gasteiger partial charge in [0.1, 0.15) is 23.9 Å². The lowest BCUT2D eigenvalue weighted by atomic mass is 9.83. The van der Waals surface area contributed by atoms with E-state index in [9.17, 15) is 29.1 Å². The molecule has 0 aliphatic carbocycles. The van der Waals surface area contributed by atoms with E-state index in [1.54, 1.807) is 31.0 Å². The Labute approximate surface area is 388 Å². The average molecular weight is 900 g/mol. The maximum atomic E-state index is 14.7. The molecule has 5 heterocycles. The molecule has 4 aromatic rings. The molecule has 0 unspecified atom stereocenters. The molecule has 14 nitrogen and oxygen atoms in total. The minimum absolute atomic E-state index is 0.00191. The van der Waals surface area contributed by atoms with E-state index in [1.165, 1.54) is 9.91 Å². The maximum absolute atomic E-state index is 14.7. The van der Waals surface area contributed by atoms with Gasteiger partial charge in [-0.15, -0.1) is 0 Å². The highest BCUT2D eigenvalue weighted by Gasteiger charge is 2.40. The molecule has 4 atom stereocenters. The van der Waals surface area contributed by atoms with Crippen LogP contribution in [0.25, 0.3) is 33.3 Å². The number of esters is 1. The molecule has 14 heteroatoms. The summed E-state index contributed by atoms with van der Waals surface area (Å²) in [5.74, 6) is 2.38. The normalized spacial score (nSPS) is 20.4. The number of aromatic nitrogens is 2. The SMILES string of the molecule is CC#CC(=O)N1CC[C@H](C(=O)N(C)[C@H](C(=O)N[C@H]2Cc3cc(O)cc(c3)-c3ccc4c(c3)c(c(-c3cccnc3C(C)C)n4CC)CC(C)(C)COC(=O)[C@@H]3CCCN(N3)C2=O)C(C)C)C1. The molecular formula is C52H65N7O7. The molecule has 0 spiro atoms. The number of nitrogens with one attached hydrogen (secondary N) is 2. The fraction of sp³-hybridized carbons (Fsp3) is 0.500. The standard InChI is InChI=1S/C52H65N7O7/c1-10-14-44(61)57-22-19-35(29-57)49(63)56(9)46(32(5)6)48(62)54-42-25-33-23-36(26-37(60)24-33)34-17-18-43-39(27-34)40(47(58(43)11-2)38-15-12-20-53-45(38)31(3)4)28-52(7,8)30-66-51(65)41-16-13-21-59(55-41)50(42)64/h12,15,17-18,20,23-24,26-27,31-32,35,41-42,46,55,60H,11,13,16,19,21-22,25,28-30H2,1-9H3,(H,54,62)/t35-,41-,42-,46-/m0/s1. The molecule has 0 saturated carbocycles. The second kappa shape index (κ2) is 19.7. The smallest absolute Gasteiger partial charge is 0.324 e. The first kappa shape index (κ1) is 47.8. The highest BCUT2D eigenvalue weighted by atomic mass is 16.5. The number of carbonyl (C=O) groups is 5. The maximum Gasteiger partial charge on any atom is 0.324 e. The molecule has 3 aliphatic heterocycles. The molecule has 2 fully saturated rings. The van der Waals surface area contributed by atoms with Crippen LogP contribution in [-0.4, -0.2) is 110 Å². The summed E-state index contributed by atoms with van der Waals surface area (Å²) < 4.78 is 8.44. The van der Waals surface area contributed by atoms with Gasteiger partial charge in [-0.1, -0.05) is 59.6 Å². The number of pyridine rings is 1. The number of phenolic OH excluding ortho intramolecular Hbond substituents is 1. The van der Waals surface area contributed by atoms with Crippen molar-refractivity contribution in [3.63, 3.8) is 0 Å². The molecule has 4 amide bonds. The van der Waals surface area contributed by atoms with E-state index in [-0.39, 0.29) is 55.5 Å². The molecule has 2 aromatic heterocycles. The Morgan fingerprint density at radius 2 is 1.82 bits per heavy atom. The van der Waals surface area contributed by atoms with E-state index in [4.69, 9.17) is 9.72 Å². The number of phenols is 1. The zero-order valence-corrected chi connectivity index (χ0v) is 39.9. The van der Waals surface area contributed by atoms with Crippen LogP contribution in [0.5, 0.6) is 5.75 Å². The second-order valence-electron chi connectivity index (χ2n) is 19.6. The van der Waals surface area contributed by atoms with E-state index in [0.717, 1.165) is 44.5 Å². The van der Waals surface area contributed by atoms with Gasteiger partial charge in [-0.2, -0.15) is 0 Å². The molecule has 3 N–H and O–H groups in total. The van der Waals surface area contributed by atoms with Crippen molar-refractivity contribution in [2.24, 2.45) is 17.3 Å². The Kier molecular flexibility index (Phi) is 14.3. The number of fused-ring (bicyclic) bond motifs is 6. The summed E-state index contributed by atoms with van der Waals surface area (Å²) in [6.45, 7) is 17.6. The number of ether oxygens (including phenoxy) is 1. The summed E-state index contributed by atoms with van der Waals surface area (Å²) in [5.41, 5.74) is 10.1. The molecule has 6 bridgehead atoms. The summed E-state index contributed by atoms with van der Waals surface area (Å²) in [7, 11) is 1.58. The topological polar surface area (TPSA) is 166 Å². The molecular weight excluding hydrogens is 835 g/mol. The molecule has 2 aromatic carbocycles. The summed E-state index contributed by atoms with van der Waals surface area (Å²) in [6, 6.07) is 12.7. The number of cyclic esters (lactones) is 1. The fourth-order valence-corrected chi connectivity index (χ4v) is 10.0. The van der Waals surface area contributed by atoms with E-state index >= 15 is 0 Å². The largest absolute Gasteiger partial charge is 0.508 e. The quantitative estimate of drug-likeness (QED) is 0.138. The lowest BCUT2D eigenvalue weighted by Gasteiger charge is -2.37. The third-order valence-electron chi connectivity index (χ3n) is 13.2. The number of carbonyl (C=O) groups excluding carboxylic acids is 5. The Bertz CT molecular complexity index is 2590. The van der Waals surface area contributed by atoms with Crippen molar-refractivity contribution in [2.75, 3.05) is 33.3 Å². The van der Waals surface area contributed by atoms with Crippen molar-refractivity contribution >= 4 is 40.5 Å². The van der Waals surface area contributed by atoms with Gasteiger partial charge in [0.15, 0.2) is 0 Å². The van der Waals surface area contributed by atoms with Crippen LogP contribution in [0.15, 0.2) is 54.7 Å². The number of hydrogen-bond donors (Lipinski definition) is 3. The third-order valence-corrected chi connectivity index (χ3v) is 13.2. The number of nitrogens with zero attached hydrogens (tertiary/aromatic N) is 5. The fourth-order valence-electron chi connectivity index (χ4n) is 10.0. The number of amides is 4. The van der Waals surface area contributed by atoms with Gasteiger partial charge in [-0.3, -0.25) is 34.0 Å². The van der Waals surface area contributed by atoms with Gasteiger partial charge >= 0.3 is 5.97 Å².